The zero-order valence-corrected chi connectivity index (χ0v) is 12.5. The Labute approximate surface area is 124 Å². The molecule has 3 N–H and O–H groups in total. The van der Waals surface area contributed by atoms with E-state index in [1.807, 2.05) is 44.2 Å². The number of benzene rings is 2. The van der Waals surface area contributed by atoms with Crippen molar-refractivity contribution in [1.82, 2.24) is 0 Å². The molecular formula is C17H20N2O2. The number of carbonyl (C=O) groups excluding carboxylic acids is 1. The molecule has 0 atom stereocenters. The molecule has 0 heterocycles. The summed E-state index contributed by atoms with van der Waals surface area (Å²) in [5.41, 5.74) is 4.64. The van der Waals surface area contributed by atoms with Crippen molar-refractivity contribution in [1.29, 1.82) is 0 Å². The third-order valence-electron chi connectivity index (χ3n) is 3.27. The number of anilines is 2. The molecule has 0 aliphatic heterocycles. The van der Waals surface area contributed by atoms with Gasteiger partial charge in [0.2, 0.25) is 5.91 Å². The van der Waals surface area contributed by atoms with E-state index in [1.54, 1.807) is 6.07 Å². The van der Waals surface area contributed by atoms with Gasteiger partial charge in [0, 0.05) is 30.4 Å². The van der Waals surface area contributed by atoms with Gasteiger partial charge in [0.05, 0.1) is 0 Å². The van der Waals surface area contributed by atoms with Crippen LogP contribution in [0.4, 0.5) is 11.4 Å². The van der Waals surface area contributed by atoms with Crippen LogP contribution in [-0.4, -0.2) is 11.0 Å². The molecule has 4 nitrogen and oxygen atoms in total. The Kier molecular flexibility index (Phi) is 4.48. The maximum atomic E-state index is 11.2. The van der Waals surface area contributed by atoms with Gasteiger partial charge in [0.25, 0.3) is 0 Å². The van der Waals surface area contributed by atoms with E-state index in [0.29, 0.717) is 6.54 Å². The van der Waals surface area contributed by atoms with Gasteiger partial charge in [-0.05, 0) is 37.6 Å². The highest BCUT2D eigenvalue weighted by atomic mass is 16.3. The van der Waals surface area contributed by atoms with Crippen LogP contribution >= 0.6 is 0 Å². The minimum Gasteiger partial charge on any atom is -0.508 e. The molecule has 2 aromatic rings. The summed E-state index contributed by atoms with van der Waals surface area (Å²) in [6.07, 6.45) is 0. The second-order valence-electron chi connectivity index (χ2n) is 5.20. The second kappa shape index (κ2) is 6.31. The van der Waals surface area contributed by atoms with Crippen molar-refractivity contribution < 1.29 is 9.90 Å². The number of aryl methyl sites for hydroxylation is 2. The first-order valence-corrected chi connectivity index (χ1v) is 6.86. The van der Waals surface area contributed by atoms with E-state index in [2.05, 4.69) is 10.6 Å². The number of hydrogen-bond acceptors (Lipinski definition) is 3. The van der Waals surface area contributed by atoms with E-state index < -0.39 is 0 Å². The van der Waals surface area contributed by atoms with Crippen LogP contribution in [-0.2, 0) is 11.3 Å². The van der Waals surface area contributed by atoms with Crippen LogP contribution < -0.4 is 10.6 Å². The smallest absolute Gasteiger partial charge is 0.221 e. The van der Waals surface area contributed by atoms with Crippen LogP contribution in [0.2, 0.25) is 0 Å². The van der Waals surface area contributed by atoms with E-state index in [-0.39, 0.29) is 11.7 Å². The maximum absolute atomic E-state index is 11.2. The van der Waals surface area contributed by atoms with Crippen molar-refractivity contribution >= 4 is 17.3 Å². The number of carbonyl (C=O) groups is 1. The SMILES string of the molecule is CC(=O)Nc1cc(NCc2cc(C)ccc2O)ccc1C. The Morgan fingerprint density at radius 3 is 2.62 bits per heavy atom. The van der Waals surface area contributed by atoms with Crippen molar-refractivity contribution in [2.24, 2.45) is 0 Å². The van der Waals surface area contributed by atoms with Gasteiger partial charge in [-0.15, -0.1) is 0 Å². The summed E-state index contributed by atoms with van der Waals surface area (Å²) < 4.78 is 0. The van der Waals surface area contributed by atoms with Crippen LogP contribution in [0.25, 0.3) is 0 Å². The van der Waals surface area contributed by atoms with Crippen LogP contribution in [0.1, 0.15) is 23.6 Å². The summed E-state index contributed by atoms with van der Waals surface area (Å²) in [5.74, 6) is 0.189. The van der Waals surface area contributed by atoms with Gasteiger partial charge >= 0.3 is 0 Å². The summed E-state index contributed by atoms with van der Waals surface area (Å²) in [4.78, 5) is 11.2. The molecule has 0 unspecified atom stereocenters. The van der Waals surface area contributed by atoms with Crippen LogP contribution in [0.3, 0.4) is 0 Å². The lowest BCUT2D eigenvalue weighted by Gasteiger charge is -2.12. The van der Waals surface area contributed by atoms with Gasteiger partial charge < -0.3 is 15.7 Å². The molecule has 2 rings (SSSR count). The molecule has 4 heteroatoms. The Hall–Kier alpha value is -2.49. The largest absolute Gasteiger partial charge is 0.508 e. The summed E-state index contributed by atoms with van der Waals surface area (Å²) in [5, 5.41) is 15.9. The van der Waals surface area contributed by atoms with Crippen molar-refractivity contribution in [3.63, 3.8) is 0 Å². The lowest BCUT2D eigenvalue weighted by molar-refractivity contribution is -0.114. The molecule has 0 fully saturated rings. The molecule has 2 aromatic carbocycles. The lowest BCUT2D eigenvalue weighted by Crippen LogP contribution is -2.08. The lowest BCUT2D eigenvalue weighted by atomic mass is 10.1. The van der Waals surface area contributed by atoms with Gasteiger partial charge in [-0.2, -0.15) is 0 Å². The predicted molar refractivity (Wildman–Crippen MR) is 85.7 cm³/mol. The summed E-state index contributed by atoms with van der Waals surface area (Å²) >= 11 is 0. The van der Waals surface area contributed by atoms with Gasteiger partial charge in [-0.1, -0.05) is 23.8 Å². The van der Waals surface area contributed by atoms with Gasteiger partial charge in [0.1, 0.15) is 5.75 Å². The highest BCUT2D eigenvalue weighted by Crippen LogP contribution is 2.23. The second-order valence-corrected chi connectivity index (χ2v) is 5.20. The molecule has 0 aliphatic carbocycles. The topological polar surface area (TPSA) is 61.4 Å². The number of phenolic OH excluding ortho intramolecular Hbond substituents is 1. The third-order valence-corrected chi connectivity index (χ3v) is 3.27. The number of aromatic hydroxyl groups is 1. The molecular weight excluding hydrogens is 264 g/mol. The van der Waals surface area contributed by atoms with Crippen molar-refractivity contribution in [3.8, 4) is 5.75 Å². The number of hydrogen-bond donors (Lipinski definition) is 3. The first-order chi connectivity index (χ1) is 9.95. The minimum absolute atomic E-state index is 0.0911. The fraction of sp³-hybridized carbons (Fsp3) is 0.235. The summed E-state index contributed by atoms with van der Waals surface area (Å²) in [6, 6.07) is 11.3. The quantitative estimate of drug-likeness (QED) is 0.804. The zero-order chi connectivity index (χ0) is 15.4. The summed E-state index contributed by atoms with van der Waals surface area (Å²) in [6.45, 7) is 5.95. The Morgan fingerprint density at radius 2 is 1.90 bits per heavy atom. The van der Waals surface area contributed by atoms with Crippen LogP contribution in [0, 0.1) is 13.8 Å². The van der Waals surface area contributed by atoms with Crippen LogP contribution in [0.5, 0.6) is 5.75 Å². The van der Waals surface area contributed by atoms with E-state index in [4.69, 9.17) is 0 Å². The molecule has 110 valence electrons. The van der Waals surface area contributed by atoms with Crippen LogP contribution in [0.15, 0.2) is 36.4 Å². The van der Waals surface area contributed by atoms with Gasteiger partial charge in [-0.3, -0.25) is 4.79 Å². The fourth-order valence-electron chi connectivity index (χ4n) is 2.11. The van der Waals surface area contributed by atoms with Crippen molar-refractivity contribution in [2.75, 3.05) is 10.6 Å². The Morgan fingerprint density at radius 1 is 1.14 bits per heavy atom. The standard InChI is InChI=1S/C17H20N2O2/c1-11-4-7-17(21)14(8-11)10-18-15-6-5-12(2)16(9-15)19-13(3)20/h4-9,18,21H,10H2,1-3H3,(H,19,20). The zero-order valence-electron chi connectivity index (χ0n) is 12.5. The van der Waals surface area contributed by atoms with Crippen molar-refractivity contribution in [3.05, 3.63) is 53.1 Å². The molecule has 0 aromatic heterocycles. The van der Waals surface area contributed by atoms with E-state index in [1.165, 1.54) is 6.92 Å². The molecule has 0 radical (unpaired) electrons. The fourth-order valence-corrected chi connectivity index (χ4v) is 2.11. The molecule has 0 saturated carbocycles. The molecule has 0 saturated heterocycles. The van der Waals surface area contributed by atoms with E-state index in [0.717, 1.165) is 28.1 Å². The first-order valence-electron chi connectivity index (χ1n) is 6.86. The molecule has 0 aliphatic rings. The van der Waals surface area contributed by atoms with Gasteiger partial charge in [0.15, 0.2) is 0 Å². The highest BCUT2D eigenvalue weighted by molar-refractivity contribution is 5.90. The first kappa shape index (κ1) is 14.9. The average molecular weight is 284 g/mol. The molecule has 0 bridgehead atoms. The minimum atomic E-state index is -0.0911. The maximum Gasteiger partial charge on any atom is 0.221 e. The molecule has 0 spiro atoms. The number of amides is 1. The molecule has 21 heavy (non-hydrogen) atoms. The Balaban J connectivity index is 2.13. The monoisotopic (exact) mass is 284 g/mol. The highest BCUT2D eigenvalue weighted by Gasteiger charge is 2.04. The summed E-state index contributed by atoms with van der Waals surface area (Å²) in [7, 11) is 0. The average Bonchev–Trinajstić information content (AvgIpc) is 2.42. The predicted octanol–water partition coefficient (Wildman–Crippen LogP) is 3.58. The number of rotatable bonds is 4. The Bertz CT molecular complexity index is 666. The van der Waals surface area contributed by atoms with Gasteiger partial charge in [-0.25, -0.2) is 0 Å². The normalized spacial score (nSPS) is 10.2. The van der Waals surface area contributed by atoms with Crippen molar-refractivity contribution in [2.45, 2.75) is 27.3 Å². The number of phenols is 1. The van der Waals surface area contributed by atoms with E-state index in [9.17, 15) is 9.90 Å². The number of nitrogens with one attached hydrogen (secondary N) is 2. The molecule has 1 amide bonds. The third kappa shape index (κ3) is 3.99. The van der Waals surface area contributed by atoms with E-state index >= 15 is 0 Å².